The molecule has 2 aromatic heterocycles. The summed E-state index contributed by atoms with van der Waals surface area (Å²) in [5.74, 6) is 0. The fraction of sp³-hybridized carbons (Fsp3) is 0.182. The standard InChI is InChI=1S/C11H10N2O2S/c1-8-3-2-4-11(15)13(8)6-10-12-5-9(7-14)16-10/h2-5,7H,6H2,1H3. The Hall–Kier alpha value is -1.75. The van der Waals surface area contributed by atoms with Gasteiger partial charge in [-0.3, -0.25) is 9.59 Å². The molecule has 0 saturated heterocycles. The summed E-state index contributed by atoms with van der Waals surface area (Å²) in [5.41, 5.74) is 0.832. The fourth-order valence-electron chi connectivity index (χ4n) is 1.41. The molecule has 0 unspecified atom stereocenters. The van der Waals surface area contributed by atoms with Crippen molar-refractivity contribution in [2.75, 3.05) is 0 Å². The Morgan fingerprint density at radius 1 is 1.50 bits per heavy atom. The quantitative estimate of drug-likeness (QED) is 0.756. The van der Waals surface area contributed by atoms with Crippen LogP contribution < -0.4 is 5.56 Å². The van der Waals surface area contributed by atoms with E-state index in [9.17, 15) is 9.59 Å². The van der Waals surface area contributed by atoms with Crippen molar-refractivity contribution in [2.45, 2.75) is 13.5 Å². The summed E-state index contributed by atoms with van der Waals surface area (Å²) < 4.78 is 1.63. The molecule has 0 fully saturated rings. The second-order valence-corrected chi connectivity index (χ2v) is 4.51. The van der Waals surface area contributed by atoms with Crippen LogP contribution in [0.15, 0.2) is 29.2 Å². The summed E-state index contributed by atoms with van der Waals surface area (Å²) in [6.45, 7) is 2.29. The zero-order valence-corrected chi connectivity index (χ0v) is 9.53. The molecule has 2 aromatic rings. The largest absolute Gasteiger partial charge is 0.306 e. The van der Waals surface area contributed by atoms with E-state index >= 15 is 0 Å². The number of aldehydes is 1. The van der Waals surface area contributed by atoms with Gasteiger partial charge in [0.1, 0.15) is 5.01 Å². The summed E-state index contributed by atoms with van der Waals surface area (Å²) >= 11 is 1.31. The van der Waals surface area contributed by atoms with E-state index in [1.807, 2.05) is 13.0 Å². The minimum Gasteiger partial charge on any atom is -0.306 e. The first-order valence-corrected chi connectivity index (χ1v) is 5.58. The molecule has 0 aliphatic rings. The molecule has 2 rings (SSSR count). The molecule has 0 aliphatic carbocycles. The van der Waals surface area contributed by atoms with Gasteiger partial charge in [0.05, 0.1) is 11.4 Å². The van der Waals surface area contributed by atoms with Gasteiger partial charge in [0, 0.05) is 18.0 Å². The predicted molar refractivity (Wildman–Crippen MR) is 62.0 cm³/mol. The Morgan fingerprint density at radius 2 is 2.31 bits per heavy atom. The van der Waals surface area contributed by atoms with Gasteiger partial charge in [0.15, 0.2) is 6.29 Å². The highest BCUT2D eigenvalue weighted by Gasteiger charge is 2.04. The summed E-state index contributed by atoms with van der Waals surface area (Å²) in [5, 5.41) is 0.763. The number of nitrogens with zero attached hydrogens (tertiary/aromatic N) is 2. The van der Waals surface area contributed by atoms with E-state index in [-0.39, 0.29) is 5.56 Å². The van der Waals surface area contributed by atoms with Gasteiger partial charge in [-0.15, -0.1) is 11.3 Å². The van der Waals surface area contributed by atoms with Crippen molar-refractivity contribution in [3.63, 3.8) is 0 Å². The lowest BCUT2D eigenvalue weighted by Crippen LogP contribution is -2.21. The van der Waals surface area contributed by atoms with Crippen molar-refractivity contribution in [1.82, 2.24) is 9.55 Å². The first-order valence-electron chi connectivity index (χ1n) is 4.77. The lowest BCUT2D eigenvalue weighted by molar-refractivity contribution is 0.112. The van der Waals surface area contributed by atoms with E-state index in [2.05, 4.69) is 4.98 Å². The second-order valence-electron chi connectivity index (χ2n) is 3.37. The van der Waals surface area contributed by atoms with Gasteiger partial charge in [-0.1, -0.05) is 6.07 Å². The smallest absolute Gasteiger partial charge is 0.251 e. The number of carbonyl (C=O) groups excluding carboxylic acids is 1. The SMILES string of the molecule is Cc1cccc(=O)n1Cc1ncc(C=O)s1. The first-order chi connectivity index (χ1) is 7.70. The topological polar surface area (TPSA) is 52.0 Å². The van der Waals surface area contributed by atoms with E-state index in [4.69, 9.17) is 0 Å². The minimum absolute atomic E-state index is 0.0529. The van der Waals surface area contributed by atoms with E-state index in [1.165, 1.54) is 23.6 Å². The Balaban J connectivity index is 2.33. The van der Waals surface area contributed by atoms with Crippen molar-refractivity contribution in [3.8, 4) is 0 Å². The Morgan fingerprint density at radius 3 is 2.94 bits per heavy atom. The van der Waals surface area contributed by atoms with Gasteiger partial charge in [0.25, 0.3) is 5.56 Å². The molecule has 82 valence electrons. The molecule has 0 aliphatic heterocycles. The number of pyridine rings is 1. The molecular weight excluding hydrogens is 224 g/mol. The highest BCUT2D eigenvalue weighted by molar-refractivity contribution is 7.13. The molecule has 0 bridgehead atoms. The van der Waals surface area contributed by atoms with Crippen LogP contribution in [0.25, 0.3) is 0 Å². The molecule has 0 spiro atoms. The number of carbonyl (C=O) groups is 1. The number of aryl methyl sites for hydroxylation is 1. The van der Waals surface area contributed by atoms with Crippen LogP contribution in [-0.2, 0) is 6.54 Å². The van der Waals surface area contributed by atoms with Crippen LogP contribution in [0.5, 0.6) is 0 Å². The van der Waals surface area contributed by atoms with Gasteiger partial charge in [0.2, 0.25) is 0 Å². The summed E-state index contributed by atoms with van der Waals surface area (Å²) in [6, 6.07) is 5.11. The van der Waals surface area contributed by atoms with E-state index < -0.39 is 0 Å². The number of hydrogen-bond donors (Lipinski definition) is 0. The Bertz CT molecular complexity index is 571. The van der Waals surface area contributed by atoms with Gasteiger partial charge in [-0.25, -0.2) is 4.98 Å². The van der Waals surface area contributed by atoms with E-state index in [1.54, 1.807) is 10.6 Å². The summed E-state index contributed by atoms with van der Waals surface area (Å²) in [4.78, 5) is 26.8. The van der Waals surface area contributed by atoms with Crippen LogP contribution in [-0.4, -0.2) is 15.8 Å². The molecule has 0 atom stereocenters. The van der Waals surface area contributed by atoms with Gasteiger partial charge in [-0.2, -0.15) is 0 Å². The van der Waals surface area contributed by atoms with Crippen LogP contribution in [0, 0.1) is 6.92 Å². The molecule has 5 heteroatoms. The third kappa shape index (κ3) is 2.09. The van der Waals surface area contributed by atoms with Crippen molar-refractivity contribution >= 4 is 17.6 Å². The maximum atomic E-state index is 11.6. The Labute approximate surface area is 96.2 Å². The summed E-state index contributed by atoms with van der Waals surface area (Å²) in [6.07, 6.45) is 2.29. The molecule has 16 heavy (non-hydrogen) atoms. The second kappa shape index (κ2) is 4.40. The van der Waals surface area contributed by atoms with Gasteiger partial charge >= 0.3 is 0 Å². The molecule has 0 radical (unpaired) electrons. The van der Waals surface area contributed by atoms with Crippen LogP contribution in [0.2, 0.25) is 0 Å². The van der Waals surface area contributed by atoms with Crippen molar-refractivity contribution in [3.05, 3.63) is 50.3 Å². The third-order valence-electron chi connectivity index (χ3n) is 2.25. The molecule has 0 aromatic carbocycles. The first kappa shape index (κ1) is 10.8. The highest BCUT2D eigenvalue weighted by atomic mass is 32.1. The fourth-order valence-corrected chi connectivity index (χ4v) is 2.14. The zero-order chi connectivity index (χ0) is 11.5. The number of hydrogen-bond acceptors (Lipinski definition) is 4. The molecule has 0 amide bonds. The summed E-state index contributed by atoms with van der Waals surface area (Å²) in [7, 11) is 0. The third-order valence-corrected chi connectivity index (χ3v) is 3.16. The van der Waals surface area contributed by atoms with Gasteiger partial charge < -0.3 is 4.57 Å². The van der Waals surface area contributed by atoms with Crippen LogP contribution in [0.4, 0.5) is 0 Å². The number of aromatic nitrogens is 2. The highest BCUT2D eigenvalue weighted by Crippen LogP contribution is 2.11. The monoisotopic (exact) mass is 234 g/mol. The molecule has 0 saturated carbocycles. The Kier molecular flexibility index (Phi) is 2.96. The van der Waals surface area contributed by atoms with Crippen molar-refractivity contribution in [2.24, 2.45) is 0 Å². The van der Waals surface area contributed by atoms with Crippen LogP contribution >= 0.6 is 11.3 Å². The molecular formula is C11H10N2O2S. The van der Waals surface area contributed by atoms with Gasteiger partial charge in [-0.05, 0) is 13.0 Å². The normalized spacial score (nSPS) is 10.3. The maximum absolute atomic E-state index is 11.6. The average molecular weight is 234 g/mol. The van der Waals surface area contributed by atoms with E-state index in [0.717, 1.165) is 17.0 Å². The van der Waals surface area contributed by atoms with Crippen molar-refractivity contribution < 1.29 is 4.79 Å². The van der Waals surface area contributed by atoms with E-state index in [0.29, 0.717) is 11.4 Å². The van der Waals surface area contributed by atoms with Crippen LogP contribution in [0.3, 0.4) is 0 Å². The lowest BCUT2D eigenvalue weighted by Gasteiger charge is -2.06. The predicted octanol–water partition coefficient (Wildman–Crippen LogP) is 1.47. The maximum Gasteiger partial charge on any atom is 0.251 e. The minimum atomic E-state index is -0.0529. The molecule has 4 nitrogen and oxygen atoms in total. The number of thiazole rings is 1. The lowest BCUT2D eigenvalue weighted by atomic mass is 10.3. The van der Waals surface area contributed by atoms with Crippen molar-refractivity contribution in [1.29, 1.82) is 0 Å². The average Bonchev–Trinajstić information content (AvgIpc) is 2.71. The molecule has 0 N–H and O–H groups in total. The van der Waals surface area contributed by atoms with Crippen LogP contribution in [0.1, 0.15) is 20.4 Å². The number of rotatable bonds is 3. The molecule has 2 heterocycles. The zero-order valence-electron chi connectivity index (χ0n) is 8.71.